The Labute approximate surface area is 162 Å². The summed E-state index contributed by atoms with van der Waals surface area (Å²) in [6.45, 7) is 0. The third-order valence-corrected chi connectivity index (χ3v) is 5.45. The van der Waals surface area contributed by atoms with Gasteiger partial charge in [0.15, 0.2) is 0 Å². The predicted molar refractivity (Wildman–Crippen MR) is 99.7 cm³/mol. The van der Waals surface area contributed by atoms with Crippen molar-refractivity contribution in [3.05, 3.63) is 53.3 Å². The Morgan fingerprint density at radius 1 is 1.11 bits per heavy atom. The summed E-state index contributed by atoms with van der Waals surface area (Å²) in [6, 6.07) is 7.45. The quantitative estimate of drug-likeness (QED) is 0.820. The van der Waals surface area contributed by atoms with E-state index in [0.717, 1.165) is 18.5 Å². The fourth-order valence-corrected chi connectivity index (χ4v) is 3.89. The van der Waals surface area contributed by atoms with Crippen LogP contribution in [-0.4, -0.2) is 49.7 Å². The van der Waals surface area contributed by atoms with Crippen molar-refractivity contribution >= 4 is 17.8 Å². The van der Waals surface area contributed by atoms with Crippen molar-refractivity contribution in [2.75, 3.05) is 0 Å². The van der Waals surface area contributed by atoms with E-state index in [4.69, 9.17) is 5.11 Å². The minimum Gasteiger partial charge on any atom is -0.478 e. The molecule has 1 aliphatic carbocycles. The number of aromatic nitrogens is 2. The van der Waals surface area contributed by atoms with Gasteiger partial charge in [-0.2, -0.15) is 5.10 Å². The summed E-state index contributed by atoms with van der Waals surface area (Å²) in [5.74, 6) is -1.20. The number of piperidine rings is 1. The lowest BCUT2D eigenvalue weighted by molar-refractivity contribution is -0.138. The topological polar surface area (TPSA) is 105 Å². The molecule has 8 heteroatoms. The molecule has 0 bridgehead atoms. The lowest BCUT2D eigenvalue weighted by Gasteiger charge is -2.41. The lowest BCUT2D eigenvalue weighted by atomic mass is 9.92. The third kappa shape index (κ3) is 3.37. The number of hydrogen-bond donors (Lipinski definition) is 2. The van der Waals surface area contributed by atoms with Crippen LogP contribution in [0.2, 0.25) is 0 Å². The Bertz CT molecular complexity index is 917. The summed E-state index contributed by atoms with van der Waals surface area (Å²) in [5, 5.41) is 16.3. The Morgan fingerprint density at radius 3 is 2.36 bits per heavy atom. The molecule has 2 amide bonds. The molecule has 2 aromatic rings. The van der Waals surface area contributed by atoms with Crippen LogP contribution in [0, 0.1) is 0 Å². The highest BCUT2D eigenvalue weighted by Crippen LogP contribution is 2.40. The van der Waals surface area contributed by atoms with E-state index in [0.29, 0.717) is 18.4 Å². The summed E-state index contributed by atoms with van der Waals surface area (Å²) >= 11 is 0. The van der Waals surface area contributed by atoms with Gasteiger partial charge < -0.3 is 15.3 Å². The third-order valence-electron chi connectivity index (χ3n) is 5.45. The first-order valence-electron chi connectivity index (χ1n) is 9.39. The number of rotatable bonds is 5. The summed E-state index contributed by atoms with van der Waals surface area (Å²) < 4.78 is 1.75. The van der Waals surface area contributed by atoms with Gasteiger partial charge in [-0.15, -0.1) is 0 Å². The van der Waals surface area contributed by atoms with Crippen LogP contribution in [0.3, 0.4) is 0 Å². The molecule has 1 aromatic carbocycles. The molecule has 0 spiro atoms. The van der Waals surface area contributed by atoms with E-state index < -0.39 is 5.97 Å². The summed E-state index contributed by atoms with van der Waals surface area (Å²) in [4.78, 5) is 38.3. The minimum absolute atomic E-state index is 0.116. The zero-order valence-corrected chi connectivity index (χ0v) is 15.5. The number of benzene rings is 1. The second kappa shape index (κ2) is 7.10. The molecule has 146 valence electrons. The zero-order chi connectivity index (χ0) is 19.8. The average molecular weight is 382 g/mol. The molecule has 1 saturated carbocycles. The second-order valence-corrected chi connectivity index (χ2v) is 7.36. The Morgan fingerprint density at radius 2 is 1.79 bits per heavy atom. The van der Waals surface area contributed by atoms with E-state index in [-0.39, 0.29) is 35.5 Å². The molecular formula is C20H22N4O4. The van der Waals surface area contributed by atoms with Gasteiger partial charge in [-0.25, -0.2) is 4.79 Å². The molecule has 2 heterocycles. The van der Waals surface area contributed by atoms with Crippen molar-refractivity contribution in [1.82, 2.24) is 20.0 Å². The van der Waals surface area contributed by atoms with Crippen LogP contribution >= 0.6 is 0 Å². The maximum absolute atomic E-state index is 12.8. The molecule has 2 atom stereocenters. The standard InChI is InChI=1S/C20H22N4O4/c1-23-16(10-11-21-23)18-15(8-9-17(25)24(18)14-6-7-14)22-19(26)12-2-4-13(5-3-12)20(27)28/h2-5,10-11,14-15,18H,6-9H2,1H3,(H,22,26)(H,27,28)/t15-,18-/m1/s1. The predicted octanol–water partition coefficient (Wildman–Crippen LogP) is 1.74. The van der Waals surface area contributed by atoms with Gasteiger partial charge in [0.1, 0.15) is 0 Å². The maximum Gasteiger partial charge on any atom is 0.335 e. The number of nitrogens with zero attached hydrogens (tertiary/aromatic N) is 3. The molecule has 1 aliphatic heterocycles. The van der Waals surface area contributed by atoms with E-state index in [2.05, 4.69) is 10.4 Å². The van der Waals surface area contributed by atoms with Gasteiger partial charge in [0, 0.05) is 31.3 Å². The highest BCUT2D eigenvalue weighted by Gasteiger charge is 2.45. The van der Waals surface area contributed by atoms with Crippen LogP contribution in [0.25, 0.3) is 0 Å². The number of carboxylic acid groups (broad SMARTS) is 1. The zero-order valence-electron chi connectivity index (χ0n) is 15.5. The van der Waals surface area contributed by atoms with Crippen molar-refractivity contribution < 1.29 is 19.5 Å². The van der Waals surface area contributed by atoms with E-state index in [1.807, 2.05) is 18.0 Å². The SMILES string of the molecule is Cn1nccc1[C@H]1[C@H](NC(=O)c2ccc(C(=O)O)cc2)CCC(=O)N1C1CC1. The number of carboxylic acids is 1. The highest BCUT2D eigenvalue weighted by molar-refractivity contribution is 5.96. The fraction of sp³-hybridized carbons (Fsp3) is 0.400. The van der Waals surface area contributed by atoms with Crippen molar-refractivity contribution in [3.63, 3.8) is 0 Å². The lowest BCUT2D eigenvalue weighted by Crippen LogP contribution is -2.53. The van der Waals surface area contributed by atoms with Crippen molar-refractivity contribution in [2.45, 2.75) is 43.8 Å². The fourth-order valence-electron chi connectivity index (χ4n) is 3.89. The van der Waals surface area contributed by atoms with Gasteiger partial charge in [0.25, 0.3) is 5.91 Å². The molecule has 2 aliphatic rings. The number of hydrogen-bond acceptors (Lipinski definition) is 4. The first-order chi connectivity index (χ1) is 13.5. The smallest absolute Gasteiger partial charge is 0.335 e. The van der Waals surface area contributed by atoms with E-state index in [1.165, 1.54) is 24.3 Å². The molecule has 28 heavy (non-hydrogen) atoms. The first kappa shape index (κ1) is 18.2. The molecule has 0 radical (unpaired) electrons. The highest BCUT2D eigenvalue weighted by atomic mass is 16.4. The van der Waals surface area contributed by atoms with Crippen LogP contribution in [0.4, 0.5) is 0 Å². The molecule has 2 fully saturated rings. The van der Waals surface area contributed by atoms with Crippen LogP contribution in [-0.2, 0) is 11.8 Å². The van der Waals surface area contributed by atoms with Gasteiger partial charge >= 0.3 is 5.97 Å². The van der Waals surface area contributed by atoms with Gasteiger partial charge in [-0.1, -0.05) is 0 Å². The normalized spacial score (nSPS) is 22.2. The maximum atomic E-state index is 12.8. The Hall–Kier alpha value is -3.16. The van der Waals surface area contributed by atoms with E-state index >= 15 is 0 Å². The average Bonchev–Trinajstić information content (AvgIpc) is 3.43. The molecule has 1 aromatic heterocycles. The summed E-state index contributed by atoms with van der Waals surface area (Å²) in [7, 11) is 1.84. The van der Waals surface area contributed by atoms with E-state index in [1.54, 1.807) is 10.9 Å². The number of likely N-dealkylation sites (tertiary alicyclic amines) is 1. The number of amides is 2. The van der Waals surface area contributed by atoms with Crippen LogP contribution in [0.1, 0.15) is 58.1 Å². The number of aryl methyl sites for hydroxylation is 1. The molecule has 8 nitrogen and oxygen atoms in total. The minimum atomic E-state index is -1.03. The van der Waals surface area contributed by atoms with Crippen molar-refractivity contribution in [2.24, 2.45) is 7.05 Å². The van der Waals surface area contributed by atoms with Crippen molar-refractivity contribution in [3.8, 4) is 0 Å². The summed E-state index contributed by atoms with van der Waals surface area (Å²) in [6.07, 6.45) is 4.61. The molecule has 4 rings (SSSR count). The van der Waals surface area contributed by atoms with Crippen LogP contribution in [0.15, 0.2) is 36.5 Å². The molecule has 0 unspecified atom stereocenters. The Balaban J connectivity index is 1.59. The summed E-state index contributed by atoms with van der Waals surface area (Å²) in [5.41, 5.74) is 1.42. The first-order valence-corrected chi connectivity index (χ1v) is 9.39. The molecular weight excluding hydrogens is 360 g/mol. The van der Waals surface area contributed by atoms with Crippen LogP contribution < -0.4 is 5.32 Å². The second-order valence-electron chi connectivity index (χ2n) is 7.36. The number of aromatic carboxylic acids is 1. The van der Waals surface area contributed by atoms with Gasteiger partial charge in [-0.3, -0.25) is 14.3 Å². The van der Waals surface area contributed by atoms with Crippen LogP contribution in [0.5, 0.6) is 0 Å². The number of nitrogens with one attached hydrogen (secondary N) is 1. The van der Waals surface area contributed by atoms with Gasteiger partial charge in [0.05, 0.1) is 23.3 Å². The molecule has 2 N–H and O–H groups in total. The van der Waals surface area contributed by atoms with Crippen molar-refractivity contribution in [1.29, 1.82) is 0 Å². The van der Waals surface area contributed by atoms with Gasteiger partial charge in [0.2, 0.25) is 5.91 Å². The number of carbonyl (C=O) groups is 3. The monoisotopic (exact) mass is 382 g/mol. The van der Waals surface area contributed by atoms with Gasteiger partial charge in [-0.05, 0) is 49.6 Å². The van der Waals surface area contributed by atoms with E-state index in [9.17, 15) is 14.4 Å². The Kier molecular flexibility index (Phi) is 4.62. The largest absolute Gasteiger partial charge is 0.478 e. The molecule has 1 saturated heterocycles. The number of carbonyl (C=O) groups excluding carboxylic acids is 2.